The number of nitrogens with one attached hydrogen (secondary N) is 1. The van der Waals surface area contributed by atoms with Crippen molar-refractivity contribution in [3.63, 3.8) is 0 Å². The summed E-state index contributed by atoms with van der Waals surface area (Å²) in [7, 11) is 0. The van der Waals surface area contributed by atoms with E-state index in [1.807, 2.05) is 0 Å². The second kappa shape index (κ2) is 13.0. The Morgan fingerprint density at radius 3 is 2.00 bits per heavy atom. The molecular formula is C19H21F8NO7. The van der Waals surface area contributed by atoms with Crippen molar-refractivity contribution < 1.29 is 69.8 Å². The maximum Gasteiger partial charge on any atom is 0.573 e. The third-order valence-electron chi connectivity index (χ3n) is 4.38. The van der Waals surface area contributed by atoms with E-state index in [0.717, 1.165) is 12.1 Å². The van der Waals surface area contributed by atoms with Crippen molar-refractivity contribution in [2.24, 2.45) is 0 Å². The number of aliphatic carboxylic acids is 1. The summed E-state index contributed by atoms with van der Waals surface area (Å²) in [5.74, 6) is -3.11. The normalized spacial score (nSPS) is 22.8. The van der Waals surface area contributed by atoms with Crippen LogP contribution in [0.5, 0.6) is 5.75 Å². The van der Waals surface area contributed by atoms with Gasteiger partial charge in [0.1, 0.15) is 24.1 Å². The first-order chi connectivity index (χ1) is 16.0. The molecule has 8 nitrogen and oxygen atoms in total. The zero-order valence-electron chi connectivity index (χ0n) is 17.4. The van der Waals surface area contributed by atoms with Gasteiger partial charge >= 0.3 is 25.1 Å². The van der Waals surface area contributed by atoms with Crippen LogP contribution in [0.2, 0.25) is 0 Å². The summed E-state index contributed by atoms with van der Waals surface area (Å²) in [5, 5.41) is 39.7. The number of rotatable bonds is 8. The zero-order chi connectivity index (χ0) is 27.0. The van der Waals surface area contributed by atoms with Crippen LogP contribution in [0.15, 0.2) is 35.9 Å². The van der Waals surface area contributed by atoms with Crippen LogP contribution in [0.4, 0.5) is 35.1 Å². The number of halogens is 8. The van der Waals surface area contributed by atoms with Gasteiger partial charge in [0.15, 0.2) is 0 Å². The fourth-order valence-corrected chi connectivity index (χ4v) is 2.76. The average Bonchev–Trinajstić information content (AvgIpc) is 2.72. The minimum atomic E-state index is -5.08. The lowest BCUT2D eigenvalue weighted by Gasteiger charge is -2.35. The lowest BCUT2D eigenvalue weighted by atomic mass is 9.88. The first-order valence-electron chi connectivity index (χ1n) is 9.54. The molecule has 0 bridgehead atoms. The second-order valence-corrected chi connectivity index (χ2v) is 6.96. The summed E-state index contributed by atoms with van der Waals surface area (Å²) in [6.07, 6.45) is -12.7. The van der Waals surface area contributed by atoms with Gasteiger partial charge in [-0.3, -0.25) is 0 Å². The van der Waals surface area contributed by atoms with Crippen LogP contribution >= 0.6 is 0 Å². The van der Waals surface area contributed by atoms with Gasteiger partial charge in [0, 0.05) is 0 Å². The van der Waals surface area contributed by atoms with Crippen LogP contribution < -0.4 is 10.1 Å². The van der Waals surface area contributed by atoms with Crippen LogP contribution in [-0.2, 0) is 16.0 Å². The molecule has 1 aliphatic rings. The molecule has 1 aliphatic carbocycles. The van der Waals surface area contributed by atoms with Crippen LogP contribution in [0, 0.1) is 0 Å². The molecule has 16 heteroatoms. The molecule has 0 saturated heterocycles. The SMILES string of the molecule is O=C(O)C(F)(F)F.O[C@@H]1[C@@H](O)[C@@H](O)C(COC(F)F)=C[C@H]1NCCc1ccc(OC(F)(F)F)cc1. The quantitative estimate of drug-likeness (QED) is 0.257. The predicted octanol–water partition coefficient (Wildman–Crippen LogP) is 1.98. The first-order valence-corrected chi connectivity index (χ1v) is 9.54. The van der Waals surface area contributed by atoms with Gasteiger partial charge in [-0.15, -0.1) is 13.2 Å². The molecule has 0 fully saturated rings. The molecule has 0 aliphatic heterocycles. The van der Waals surface area contributed by atoms with Gasteiger partial charge in [-0.2, -0.15) is 22.0 Å². The number of carboxylic acids is 1. The molecule has 2 rings (SSSR count). The number of ether oxygens (including phenoxy) is 2. The summed E-state index contributed by atoms with van der Waals surface area (Å²) >= 11 is 0. The van der Waals surface area contributed by atoms with Crippen molar-refractivity contribution in [3.05, 3.63) is 41.5 Å². The molecule has 0 unspecified atom stereocenters. The van der Waals surface area contributed by atoms with Crippen molar-refractivity contribution in [2.75, 3.05) is 13.2 Å². The zero-order valence-corrected chi connectivity index (χ0v) is 17.4. The fourth-order valence-electron chi connectivity index (χ4n) is 2.76. The van der Waals surface area contributed by atoms with E-state index < -0.39 is 56.1 Å². The molecule has 0 radical (unpaired) electrons. The molecule has 0 saturated carbocycles. The molecular weight excluding hydrogens is 506 g/mol. The number of carbonyl (C=O) groups is 1. The Kier molecular flexibility index (Phi) is 11.3. The van der Waals surface area contributed by atoms with Crippen molar-refractivity contribution in [1.29, 1.82) is 0 Å². The van der Waals surface area contributed by atoms with Gasteiger partial charge in [-0.1, -0.05) is 18.2 Å². The Bertz CT molecular complexity index is 830. The monoisotopic (exact) mass is 527 g/mol. The Labute approximate surface area is 192 Å². The Hall–Kier alpha value is -2.53. The van der Waals surface area contributed by atoms with E-state index in [4.69, 9.17) is 9.90 Å². The third kappa shape index (κ3) is 11.2. The van der Waals surface area contributed by atoms with E-state index in [1.54, 1.807) is 0 Å². The number of hydrogen-bond donors (Lipinski definition) is 5. The molecule has 5 N–H and O–H groups in total. The number of carboxylic acid groups (broad SMARTS) is 1. The highest BCUT2D eigenvalue weighted by molar-refractivity contribution is 5.73. The van der Waals surface area contributed by atoms with Crippen molar-refractivity contribution in [3.8, 4) is 5.75 Å². The summed E-state index contributed by atoms with van der Waals surface area (Å²) in [6, 6.07) is 4.38. The molecule has 200 valence electrons. The van der Waals surface area contributed by atoms with Crippen LogP contribution in [0.3, 0.4) is 0 Å². The highest BCUT2D eigenvalue weighted by atomic mass is 19.4. The van der Waals surface area contributed by atoms with Crippen molar-refractivity contribution in [2.45, 2.75) is 49.9 Å². The topological polar surface area (TPSA) is 128 Å². The minimum Gasteiger partial charge on any atom is -0.475 e. The van der Waals surface area contributed by atoms with Gasteiger partial charge in [-0.05, 0) is 36.2 Å². The number of aliphatic hydroxyl groups excluding tert-OH is 3. The predicted molar refractivity (Wildman–Crippen MR) is 100 cm³/mol. The van der Waals surface area contributed by atoms with Gasteiger partial charge in [0.25, 0.3) is 0 Å². The van der Waals surface area contributed by atoms with Crippen LogP contribution in [-0.4, -0.2) is 83.1 Å². The van der Waals surface area contributed by atoms with Gasteiger partial charge < -0.3 is 35.2 Å². The van der Waals surface area contributed by atoms with E-state index in [9.17, 15) is 50.4 Å². The summed E-state index contributed by atoms with van der Waals surface area (Å²) in [6.45, 7) is -3.40. The van der Waals surface area contributed by atoms with Crippen molar-refractivity contribution in [1.82, 2.24) is 5.32 Å². The number of hydrogen-bond acceptors (Lipinski definition) is 7. The maximum atomic E-state index is 12.2. The van der Waals surface area contributed by atoms with Crippen LogP contribution in [0.25, 0.3) is 0 Å². The molecule has 0 heterocycles. The summed E-state index contributed by atoms with van der Waals surface area (Å²) < 4.78 is 100. The Morgan fingerprint density at radius 2 is 1.54 bits per heavy atom. The Morgan fingerprint density at radius 1 is 1.00 bits per heavy atom. The van der Waals surface area contributed by atoms with Gasteiger partial charge in [-0.25, -0.2) is 4.79 Å². The van der Waals surface area contributed by atoms with E-state index in [1.165, 1.54) is 18.2 Å². The van der Waals surface area contributed by atoms with Gasteiger partial charge in [0.05, 0.1) is 12.6 Å². The molecule has 0 amide bonds. The van der Waals surface area contributed by atoms with E-state index in [0.29, 0.717) is 12.0 Å². The number of aliphatic hydroxyl groups is 3. The fraction of sp³-hybridized carbons (Fsp3) is 0.526. The minimum absolute atomic E-state index is 0.00394. The number of alkyl halides is 8. The molecule has 4 atom stereocenters. The van der Waals surface area contributed by atoms with E-state index in [-0.39, 0.29) is 17.9 Å². The molecule has 35 heavy (non-hydrogen) atoms. The van der Waals surface area contributed by atoms with E-state index >= 15 is 0 Å². The third-order valence-corrected chi connectivity index (χ3v) is 4.38. The molecule has 1 aromatic carbocycles. The maximum absolute atomic E-state index is 12.2. The van der Waals surface area contributed by atoms with Gasteiger partial charge in [0.2, 0.25) is 0 Å². The lowest BCUT2D eigenvalue weighted by molar-refractivity contribution is -0.274. The Balaban J connectivity index is 0.000000762. The smallest absolute Gasteiger partial charge is 0.475 e. The van der Waals surface area contributed by atoms with E-state index in [2.05, 4.69) is 14.8 Å². The number of benzene rings is 1. The lowest BCUT2D eigenvalue weighted by Crippen LogP contribution is -2.54. The van der Waals surface area contributed by atoms with Crippen molar-refractivity contribution >= 4 is 5.97 Å². The second-order valence-electron chi connectivity index (χ2n) is 6.96. The molecule has 1 aromatic rings. The molecule has 0 aromatic heterocycles. The highest BCUT2D eigenvalue weighted by Gasteiger charge is 2.38. The van der Waals surface area contributed by atoms with Crippen LogP contribution in [0.1, 0.15) is 5.56 Å². The largest absolute Gasteiger partial charge is 0.573 e. The standard InChI is InChI=1S/C17H20F5NO5.C2HF3O2/c18-16(19)27-8-10-7-12(14(25)15(26)13(10)24)23-6-5-9-1-3-11(4-2-9)28-17(20,21)22;3-2(4,5)1(6)7/h1-4,7,12-16,23-26H,5-6,8H2;(H,6,7)/t12-,13+,14+,15+;/m1./s1. The summed E-state index contributed by atoms with van der Waals surface area (Å²) in [5.41, 5.74) is 0.683. The highest BCUT2D eigenvalue weighted by Crippen LogP contribution is 2.23. The molecule has 0 spiro atoms. The first kappa shape index (κ1) is 30.5. The summed E-state index contributed by atoms with van der Waals surface area (Å²) in [4.78, 5) is 8.90. The average molecular weight is 527 g/mol.